The molecule has 0 saturated carbocycles. The molecule has 3 rings (SSSR count). The highest BCUT2D eigenvalue weighted by atomic mass is 32.1. The Balaban J connectivity index is 1.62. The Bertz CT molecular complexity index is 547. The summed E-state index contributed by atoms with van der Waals surface area (Å²) < 4.78 is 0. The smallest absolute Gasteiger partial charge is 0.0673 e. The molecule has 23 heavy (non-hydrogen) atoms. The number of nitrogens with zero attached hydrogens (tertiary/aromatic N) is 1. The summed E-state index contributed by atoms with van der Waals surface area (Å²) in [5.74, 6) is 0. The number of piperidine rings is 1. The van der Waals surface area contributed by atoms with Crippen LogP contribution in [0.5, 0.6) is 0 Å². The summed E-state index contributed by atoms with van der Waals surface area (Å²) in [4.78, 5) is 3.95. The molecule has 2 heterocycles. The maximum atomic E-state index is 5.62. The van der Waals surface area contributed by atoms with Gasteiger partial charge in [0.1, 0.15) is 0 Å². The summed E-state index contributed by atoms with van der Waals surface area (Å²) >= 11 is 1.84. The van der Waals surface area contributed by atoms with E-state index in [1.807, 2.05) is 11.3 Å². The molecule has 1 aromatic heterocycles. The molecule has 1 aromatic carbocycles. The summed E-state index contributed by atoms with van der Waals surface area (Å²) in [6, 6.07) is 16.1. The van der Waals surface area contributed by atoms with Gasteiger partial charge in [0.05, 0.1) is 6.04 Å². The topological polar surface area (TPSA) is 41.3 Å². The highest BCUT2D eigenvalue weighted by Crippen LogP contribution is 2.27. The fourth-order valence-electron chi connectivity index (χ4n) is 3.32. The molecule has 0 amide bonds. The van der Waals surface area contributed by atoms with Crippen molar-refractivity contribution in [2.75, 3.05) is 26.2 Å². The summed E-state index contributed by atoms with van der Waals surface area (Å²) in [6.45, 7) is 4.32. The number of thiophene rings is 1. The number of benzene rings is 1. The Morgan fingerprint density at radius 2 is 1.91 bits per heavy atom. The Hall–Kier alpha value is -1.20. The minimum absolute atomic E-state index is 0.316. The van der Waals surface area contributed by atoms with E-state index in [1.165, 1.54) is 36.4 Å². The van der Waals surface area contributed by atoms with Crippen LogP contribution < -0.4 is 11.1 Å². The maximum Gasteiger partial charge on any atom is 0.0673 e. The third kappa shape index (κ3) is 4.64. The normalized spacial score (nSPS) is 18.1. The van der Waals surface area contributed by atoms with Gasteiger partial charge >= 0.3 is 0 Å². The molecule has 0 bridgehead atoms. The van der Waals surface area contributed by atoms with Crippen LogP contribution in [0.1, 0.15) is 35.7 Å². The summed E-state index contributed by atoms with van der Waals surface area (Å²) in [5.41, 5.74) is 6.98. The highest BCUT2D eigenvalue weighted by molar-refractivity contribution is 7.10. The zero-order valence-electron chi connectivity index (χ0n) is 13.7. The van der Waals surface area contributed by atoms with Gasteiger partial charge in [-0.1, -0.05) is 36.4 Å². The van der Waals surface area contributed by atoms with E-state index in [9.17, 15) is 0 Å². The Labute approximate surface area is 143 Å². The lowest BCUT2D eigenvalue weighted by Crippen LogP contribution is -2.44. The van der Waals surface area contributed by atoms with Crippen molar-refractivity contribution in [2.45, 2.75) is 31.3 Å². The van der Waals surface area contributed by atoms with Crippen LogP contribution in [0.25, 0.3) is 0 Å². The van der Waals surface area contributed by atoms with Crippen molar-refractivity contribution in [3.05, 3.63) is 58.3 Å². The van der Waals surface area contributed by atoms with Gasteiger partial charge in [0, 0.05) is 10.9 Å². The van der Waals surface area contributed by atoms with Crippen molar-refractivity contribution in [2.24, 2.45) is 5.73 Å². The van der Waals surface area contributed by atoms with Gasteiger partial charge < -0.3 is 16.0 Å². The van der Waals surface area contributed by atoms with Crippen molar-refractivity contribution in [1.82, 2.24) is 10.2 Å². The Morgan fingerprint density at radius 3 is 2.57 bits per heavy atom. The molecular weight excluding hydrogens is 302 g/mol. The first kappa shape index (κ1) is 16.7. The van der Waals surface area contributed by atoms with Gasteiger partial charge in [-0.2, -0.15) is 0 Å². The fourth-order valence-corrected chi connectivity index (χ4v) is 4.13. The van der Waals surface area contributed by atoms with E-state index in [1.54, 1.807) is 0 Å². The van der Waals surface area contributed by atoms with E-state index in [-0.39, 0.29) is 0 Å². The van der Waals surface area contributed by atoms with Crippen molar-refractivity contribution in [3.63, 3.8) is 0 Å². The Kier molecular flexibility index (Phi) is 6.22. The van der Waals surface area contributed by atoms with E-state index >= 15 is 0 Å². The molecule has 1 fully saturated rings. The van der Waals surface area contributed by atoms with E-state index in [0.717, 1.165) is 19.5 Å². The second kappa shape index (κ2) is 8.60. The summed E-state index contributed by atoms with van der Waals surface area (Å²) in [6.07, 6.45) is 3.55. The first-order chi connectivity index (χ1) is 11.4. The molecule has 1 aliphatic heterocycles. The van der Waals surface area contributed by atoms with Crippen molar-refractivity contribution in [1.29, 1.82) is 0 Å². The molecule has 124 valence electrons. The predicted octanol–water partition coefficient (Wildman–Crippen LogP) is 3.24. The predicted molar refractivity (Wildman–Crippen MR) is 98.9 cm³/mol. The van der Waals surface area contributed by atoms with Gasteiger partial charge in [0.2, 0.25) is 0 Å². The lowest BCUT2D eigenvalue weighted by Gasteiger charge is -2.34. The van der Waals surface area contributed by atoms with Crippen LogP contribution in [0.3, 0.4) is 0 Å². The zero-order valence-corrected chi connectivity index (χ0v) is 14.5. The van der Waals surface area contributed by atoms with Crippen LogP contribution in [0.4, 0.5) is 0 Å². The van der Waals surface area contributed by atoms with Crippen LogP contribution >= 0.6 is 11.3 Å². The van der Waals surface area contributed by atoms with Gasteiger partial charge in [-0.3, -0.25) is 0 Å². The number of hydrogen-bond acceptors (Lipinski definition) is 4. The monoisotopic (exact) mass is 329 g/mol. The molecule has 1 saturated heterocycles. The average Bonchev–Trinajstić information content (AvgIpc) is 3.14. The molecule has 4 heteroatoms. The fraction of sp³-hybridized carbons (Fsp3) is 0.474. The van der Waals surface area contributed by atoms with Crippen LogP contribution in [0.15, 0.2) is 47.8 Å². The first-order valence-corrected chi connectivity index (χ1v) is 9.51. The van der Waals surface area contributed by atoms with E-state index in [2.05, 4.69) is 58.1 Å². The van der Waals surface area contributed by atoms with Gasteiger partial charge in [-0.25, -0.2) is 0 Å². The van der Waals surface area contributed by atoms with Crippen molar-refractivity contribution < 1.29 is 0 Å². The zero-order chi connectivity index (χ0) is 15.9. The number of rotatable bonds is 7. The summed E-state index contributed by atoms with van der Waals surface area (Å²) in [7, 11) is 0. The number of nitrogens with one attached hydrogen (secondary N) is 1. The van der Waals surface area contributed by atoms with Crippen molar-refractivity contribution >= 4 is 11.3 Å². The molecule has 3 N–H and O–H groups in total. The van der Waals surface area contributed by atoms with E-state index < -0.39 is 0 Å². The molecule has 3 nitrogen and oxygen atoms in total. The molecular formula is C19H27N3S. The largest absolute Gasteiger partial charge is 0.330 e. The van der Waals surface area contributed by atoms with Gasteiger partial charge in [-0.15, -0.1) is 11.3 Å². The number of hydrogen-bond donors (Lipinski definition) is 2. The SMILES string of the molecule is NCCCN1CCC(NC(c2ccccc2)c2cccs2)CC1. The molecule has 0 aliphatic carbocycles. The number of nitrogens with two attached hydrogens (primary N) is 1. The van der Waals surface area contributed by atoms with Crippen LogP contribution in [0, 0.1) is 0 Å². The minimum atomic E-state index is 0.316. The number of likely N-dealkylation sites (tertiary alicyclic amines) is 1. The van der Waals surface area contributed by atoms with Crippen LogP contribution in [0.2, 0.25) is 0 Å². The van der Waals surface area contributed by atoms with Crippen molar-refractivity contribution in [3.8, 4) is 0 Å². The second-order valence-corrected chi connectivity index (χ2v) is 7.26. The first-order valence-electron chi connectivity index (χ1n) is 8.63. The maximum absolute atomic E-state index is 5.62. The van der Waals surface area contributed by atoms with Crippen LogP contribution in [-0.4, -0.2) is 37.1 Å². The van der Waals surface area contributed by atoms with Gasteiger partial charge in [-0.05, 0) is 62.5 Å². The van der Waals surface area contributed by atoms with Crippen LogP contribution in [-0.2, 0) is 0 Å². The lowest BCUT2D eigenvalue weighted by molar-refractivity contribution is 0.193. The van der Waals surface area contributed by atoms with E-state index in [0.29, 0.717) is 12.1 Å². The lowest BCUT2D eigenvalue weighted by atomic mass is 9.99. The standard InChI is InChI=1S/C19H27N3S/c20-11-5-12-22-13-9-17(10-14-22)21-19(18-8-4-15-23-18)16-6-2-1-3-7-16/h1-4,6-8,15,17,19,21H,5,9-14,20H2. The molecule has 0 spiro atoms. The third-order valence-corrected chi connectivity index (χ3v) is 5.57. The minimum Gasteiger partial charge on any atom is -0.330 e. The Morgan fingerprint density at radius 1 is 1.13 bits per heavy atom. The summed E-state index contributed by atoms with van der Waals surface area (Å²) in [5, 5.41) is 6.08. The van der Waals surface area contributed by atoms with Gasteiger partial charge in [0.15, 0.2) is 0 Å². The molecule has 2 aromatic rings. The average molecular weight is 330 g/mol. The highest BCUT2D eigenvalue weighted by Gasteiger charge is 2.23. The third-order valence-electron chi connectivity index (χ3n) is 4.63. The molecule has 1 atom stereocenters. The van der Waals surface area contributed by atoms with Gasteiger partial charge in [0.25, 0.3) is 0 Å². The van der Waals surface area contributed by atoms with E-state index in [4.69, 9.17) is 5.73 Å². The molecule has 1 aliphatic rings. The quantitative estimate of drug-likeness (QED) is 0.819. The molecule has 0 radical (unpaired) electrons. The second-order valence-electron chi connectivity index (χ2n) is 6.28. The molecule has 1 unspecified atom stereocenters.